The van der Waals surface area contributed by atoms with E-state index in [0.717, 1.165) is 18.7 Å². The Morgan fingerprint density at radius 3 is 2.58 bits per heavy atom. The number of hydrogen-bond acceptors (Lipinski definition) is 3. The molecule has 5 heteroatoms. The number of aromatic nitrogens is 3. The van der Waals surface area contributed by atoms with Gasteiger partial charge in [0, 0.05) is 24.6 Å². The normalized spacial score (nSPS) is 18.8. The van der Waals surface area contributed by atoms with E-state index in [2.05, 4.69) is 53.3 Å². The molecule has 132 valence electrons. The van der Waals surface area contributed by atoms with Crippen molar-refractivity contribution in [2.24, 2.45) is 5.41 Å². The molecule has 1 atom stereocenters. The first-order chi connectivity index (χ1) is 12.6. The molecule has 1 aliphatic heterocycles. The molecule has 0 radical (unpaired) electrons. The van der Waals surface area contributed by atoms with Gasteiger partial charge < -0.3 is 4.90 Å². The maximum Gasteiger partial charge on any atom is 0.254 e. The lowest BCUT2D eigenvalue weighted by molar-refractivity contribution is 0.0778. The molecule has 1 saturated heterocycles. The zero-order valence-corrected chi connectivity index (χ0v) is 15.0. The summed E-state index contributed by atoms with van der Waals surface area (Å²) >= 11 is 0. The summed E-state index contributed by atoms with van der Waals surface area (Å²) in [5.41, 5.74) is 2.76. The third-order valence-corrected chi connectivity index (χ3v) is 5.26. The van der Waals surface area contributed by atoms with Gasteiger partial charge in [-0.3, -0.25) is 9.89 Å². The van der Waals surface area contributed by atoms with E-state index in [4.69, 9.17) is 0 Å². The van der Waals surface area contributed by atoms with Crippen LogP contribution in [0.2, 0.25) is 0 Å². The van der Waals surface area contributed by atoms with Crippen molar-refractivity contribution in [1.82, 2.24) is 20.1 Å². The average Bonchev–Trinajstić information content (AvgIpc) is 3.29. The first-order valence-electron chi connectivity index (χ1n) is 8.85. The second kappa shape index (κ2) is 6.41. The SMILES string of the molecule is CC1(C)CN(C(=O)c2ccccc2-c2ncn[nH]2)C[C@H]1c1ccccc1. The van der Waals surface area contributed by atoms with Crippen LogP contribution in [-0.4, -0.2) is 39.1 Å². The summed E-state index contributed by atoms with van der Waals surface area (Å²) in [7, 11) is 0. The highest BCUT2D eigenvalue weighted by atomic mass is 16.2. The predicted molar refractivity (Wildman–Crippen MR) is 101 cm³/mol. The molecule has 2 aromatic carbocycles. The fraction of sp³-hybridized carbons (Fsp3) is 0.286. The standard InChI is InChI=1S/C21H22N4O/c1-21(2)13-25(12-18(21)15-8-4-3-5-9-15)20(26)17-11-7-6-10-16(17)19-22-14-23-24-19/h3-11,14,18H,12-13H2,1-2H3,(H,22,23,24)/t18-/m0/s1. The highest BCUT2D eigenvalue weighted by Gasteiger charge is 2.42. The van der Waals surface area contributed by atoms with Crippen molar-refractivity contribution in [3.63, 3.8) is 0 Å². The fourth-order valence-electron chi connectivity index (χ4n) is 3.91. The number of aromatic amines is 1. The largest absolute Gasteiger partial charge is 0.337 e. The molecule has 0 unspecified atom stereocenters. The fourth-order valence-corrected chi connectivity index (χ4v) is 3.91. The molecule has 0 aliphatic carbocycles. The van der Waals surface area contributed by atoms with Gasteiger partial charge in [-0.25, -0.2) is 4.98 Å². The molecule has 3 aromatic rings. The molecule has 0 spiro atoms. The number of rotatable bonds is 3. The van der Waals surface area contributed by atoms with E-state index in [0.29, 0.717) is 17.3 Å². The Labute approximate surface area is 153 Å². The molecular formula is C21H22N4O. The highest BCUT2D eigenvalue weighted by Crippen LogP contribution is 2.42. The van der Waals surface area contributed by atoms with Crippen LogP contribution in [-0.2, 0) is 0 Å². The van der Waals surface area contributed by atoms with Crippen LogP contribution in [0.5, 0.6) is 0 Å². The minimum absolute atomic E-state index is 0.0260. The van der Waals surface area contributed by atoms with Crippen LogP contribution in [0.3, 0.4) is 0 Å². The summed E-state index contributed by atoms with van der Waals surface area (Å²) in [5, 5.41) is 6.77. The summed E-state index contributed by atoms with van der Waals surface area (Å²) in [6.45, 7) is 5.93. The van der Waals surface area contributed by atoms with E-state index in [9.17, 15) is 4.79 Å². The summed E-state index contributed by atoms with van der Waals surface area (Å²) in [6.07, 6.45) is 1.46. The number of likely N-dealkylation sites (tertiary alicyclic amines) is 1. The van der Waals surface area contributed by atoms with Crippen molar-refractivity contribution in [3.05, 3.63) is 72.1 Å². The van der Waals surface area contributed by atoms with Crippen molar-refractivity contribution in [3.8, 4) is 11.4 Å². The molecule has 1 N–H and O–H groups in total. The molecule has 1 amide bonds. The second-order valence-electron chi connectivity index (χ2n) is 7.52. The Balaban J connectivity index is 1.65. The molecule has 4 rings (SSSR count). The predicted octanol–water partition coefficient (Wildman–Crippen LogP) is 3.74. The third kappa shape index (κ3) is 2.90. The molecule has 2 heterocycles. The number of benzene rings is 2. The first-order valence-corrected chi connectivity index (χ1v) is 8.85. The van der Waals surface area contributed by atoms with E-state index < -0.39 is 0 Å². The van der Waals surface area contributed by atoms with E-state index >= 15 is 0 Å². The molecule has 1 aliphatic rings. The quantitative estimate of drug-likeness (QED) is 0.786. The lowest BCUT2D eigenvalue weighted by atomic mass is 9.78. The van der Waals surface area contributed by atoms with Gasteiger partial charge in [-0.1, -0.05) is 62.4 Å². The maximum atomic E-state index is 13.3. The number of amides is 1. The van der Waals surface area contributed by atoms with Crippen molar-refractivity contribution in [2.75, 3.05) is 13.1 Å². The van der Waals surface area contributed by atoms with E-state index in [1.165, 1.54) is 11.9 Å². The molecular weight excluding hydrogens is 324 g/mol. The van der Waals surface area contributed by atoms with Gasteiger partial charge in [0.25, 0.3) is 5.91 Å². The van der Waals surface area contributed by atoms with Crippen LogP contribution in [0, 0.1) is 5.41 Å². The van der Waals surface area contributed by atoms with E-state index in [1.54, 1.807) is 0 Å². The zero-order chi connectivity index (χ0) is 18.1. The van der Waals surface area contributed by atoms with Crippen molar-refractivity contribution < 1.29 is 4.79 Å². The first kappa shape index (κ1) is 16.5. The summed E-state index contributed by atoms with van der Waals surface area (Å²) < 4.78 is 0. The second-order valence-corrected chi connectivity index (χ2v) is 7.52. The molecule has 1 fully saturated rings. The minimum Gasteiger partial charge on any atom is -0.337 e. The Morgan fingerprint density at radius 1 is 1.12 bits per heavy atom. The van der Waals surface area contributed by atoms with Gasteiger partial charge in [0.2, 0.25) is 0 Å². The number of nitrogens with one attached hydrogen (secondary N) is 1. The van der Waals surface area contributed by atoms with Crippen molar-refractivity contribution >= 4 is 5.91 Å². The van der Waals surface area contributed by atoms with Crippen LogP contribution in [0.25, 0.3) is 11.4 Å². The summed E-state index contributed by atoms with van der Waals surface area (Å²) in [4.78, 5) is 19.5. The van der Waals surface area contributed by atoms with Crippen molar-refractivity contribution in [1.29, 1.82) is 0 Å². The highest BCUT2D eigenvalue weighted by molar-refractivity contribution is 6.00. The van der Waals surface area contributed by atoms with Crippen LogP contribution in [0.15, 0.2) is 60.9 Å². The van der Waals surface area contributed by atoms with Gasteiger partial charge in [-0.2, -0.15) is 5.10 Å². The molecule has 0 saturated carbocycles. The molecule has 5 nitrogen and oxygen atoms in total. The monoisotopic (exact) mass is 346 g/mol. The van der Waals surface area contributed by atoms with Gasteiger partial charge in [0.1, 0.15) is 6.33 Å². The van der Waals surface area contributed by atoms with Gasteiger partial charge in [-0.05, 0) is 17.0 Å². The third-order valence-electron chi connectivity index (χ3n) is 5.26. The van der Waals surface area contributed by atoms with Crippen LogP contribution < -0.4 is 0 Å². The van der Waals surface area contributed by atoms with Crippen molar-refractivity contribution in [2.45, 2.75) is 19.8 Å². The van der Waals surface area contributed by atoms with Gasteiger partial charge in [0.15, 0.2) is 5.82 Å². The average molecular weight is 346 g/mol. The molecule has 1 aromatic heterocycles. The Kier molecular flexibility index (Phi) is 4.07. The van der Waals surface area contributed by atoms with Crippen LogP contribution in [0.1, 0.15) is 35.7 Å². The van der Waals surface area contributed by atoms with Crippen LogP contribution >= 0.6 is 0 Å². The summed E-state index contributed by atoms with van der Waals surface area (Å²) in [6, 6.07) is 18.0. The number of carbonyl (C=O) groups is 1. The maximum absolute atomic E-state index is 13.3. The van der Waals surface area contributed by atoms with Gasteiger partial charge in [0.05, 0.1) is 5.56 Å². The zero-order valence-electron chi connectivity index (χ0n) is 15.0. The van der Waals surface area contributed by atoms with Crippen LogP contribution in [0.4, 0.5) is 0 Å². The topological polar surface area (TPSA) is 61.9 Å². The Bertz CT molecular complexity index is 903. The number of H-pyrrole nitrogens is 1. The van der Waals surface area contributed by atoms with Gasteiger partial charge >= 0.3 is 0 Å². The Hall–Kier alpha value is -2.95. The molecule has 0 bridgehead atoms. The number of carbonyl (C=O) groups excluding carboxylic acids is 1. The molecule has 26 heavy (non-hydrogen) atoms. The lowest BCUT2D eigenvalue weighted by Gasteiger charge is -2.25. The Morgan fingerprint density at radius 2 is 1.85 bits per heavy atom. The van der Waals surface area contributed by atoms with E-state index in [-0.39, 0.29) is 11.3 Å². The number of nitrogens with zero attached hydrogens (tertiary/aromatic N) is 3. The summed E-state index contributed by atoms with van der Waals surface area (Å²) in [5.74, 6) is 0.987. The lowest BCUT2D eigenvalue weighted by Crippen LogP contribution is -2.30. The van der Waals surface area contributed by atoms with E-state index in [1.807, 2.05) is 35.2 Å². The minimum atomic E-state index is 0.0260. The van der Waals surface area contributed by atoms with Gasteiger partial charge in [-0.15, -0.1) is 0 Å². The number of hydrogen-bond donors (Lipinski definition) is 1. The smallest absolute Gasteiger partial charge is 0.254 e.